The van der Waals surface area contributed by atoms with Gasteiger partial charge in [-0.3, -0.25) is 0 Å². The molecule has 0 aromatic heterocycles. The maximum Gasteiger partial charge on any atom is 0.0753 e. The monoisotopic (exact) mass is 258 g/mol. The molecular weight excluding hydrogens is 224 g/mol. The van der Waals surface area contributed by atoms with Crippen molar-refractivity contribution >= 4 is 0 Å². The summed E-state index contributed by atoms with van der Waals surface area (Å²) in [7, 11) is 0. The molecule has 0 amide bonds. The van der Waals surface area contributed by atoms with Crippen LogP contribution in [0.2, 0.25) is 0 Å². The lowest BCUT2D eigenvalue weighted by Crippen LogP contribution is -2.39. The van der Waals surface area contributed by atoms with Gasteiger partial charge in [-0.25, -0.2) is 0 Å². The molecule has 0 aliphatic carbocycles. The Morgan fingerprint density at radius 3 is 1.78 bits per heavy atom. The van der Waals surface area contributed by atoms with Crippen LogP contribution in [0.5, 0.6) is 0 Å². The molecule has 3 heteroatoms. The van der Waals surface area contributed by atoms with Gasteiger partial charge in [0.05, 0.1) is 5.60 Å². The Balaban J connectivity index is 4.11. The van der Waals surface area contributed by atoms with E-state index in [2.05, 4.69) is 32.6 Å². The van der Waals surface area contributed by atoms with Crippen LogP contribution in [0, 0.1) is 11.8 Å². The SMILES string of the molecule is CC(C)CCN(CCC(C)C)CCC(C)(O)CN. The lowest BCUT2D eigenvalue weighted by molar-refractivity contribution is 0.0466. The summed E-state index contributed by atoms with van der Waals surface area (Å²) >= 11 is 0. The van der Waals surface area contributed by atoms with Crippen molar-refractivity contribution in [2.45, 2.75) is 59.5 Å². The number of hydrogen-bond donors (Lipinski definition) is 2. The van der Waals surface area contributed by atoms with Gasteiger partial charge in [0.25, 0.3) is 0 Å². The van der Waals surface area contributed by atoms with Crippen LogP contribution < -0.4 is 5.73 Å². The van der Waals surface area contributed by atoms with Crippen molar-refractivity contribution in [2.24, 2.45) is 17.6 Å². The fourth-order valence-corrected chi connectivity index (χ4v) is 1.72. The zero-order valence-electron chi connectivity index (χ0n) is 13.1. The molecular formula is C15H34N2O. The Morgan fingerprint density at radius 2 is 1.44 bits per heavy atom. The second-order valence-corrected chi connectivity index (χ2v) is 6.66. The summed E-state index contributed by atoms with van der Waals surface area (Å²) in [6.45, 7) is 14.4. The van der Waals surface area contributed by atoms with Crippen molar-refractivity contribution in [2.75, 3.05) is 26.2 Å². The molecule has 0 aromatic rings. The summed E-state index contributed by atoms with van der Waals surface area (Å²) in [5.41, 5.74) is 4.85. The summed E-state index contributed by atoms with van der Waals surface area (Å²) in [6.07, 6.45) is 3.21. The number of hydrogen-bond acceptors (Lipinski definition) is 3. The molecule has 3 N–H and O–H groups in total. The second kappa shape index (κ2) is 8.89. The van der Waals surface area contributed by atoms with Gasteiger partial charge in [-0.2, -0.15) is 0 Å². The van der Waals surface area contributed by atoms with Crippen molar-refractivity contribution in [3.05, 3.63) is 0 Å². The molecule has 0 bridgehead atoms. The number of aliphatic hydroxyl groups is 1. The van der Waals surface area contributed by atoms with Gasteiger partial charge < -0.3 is 15.7 Å². The first-order chi connectivity index (χ1) is 8.26. The lowest BCUT2D eigenvalue weighted by Gasteiger charge is -2.28. The number of rotatable bonds is 10. The third-order valence-corrected chi connectivity index (χ3v) is 3.45. The number of nitrogens with zero attached hydrogens (tertiary/aromatic N) is 1. The van der Waals surface area contributed by atoms with Gasteiger partial charge in [0.15, 0.2) is 0 Å². The highest BCUT2D eigenvalue weighted by Crippen LogP contribution is 2.11. The van der Waals surface area contributed by atoms with E-state index in [1.165, 1.54) is 12.8 Å². The highest BCUT2D eigenvalue weighted by molar-refractivity contribution is 4.75. The first-order valence-electron chi connectivity index (χ1n) is 7.41. The lowest BCUT2D eigenvalue weighted by atomic mass is 10.0. The van der Waals surface area contributed by atoms with Crippen molar-refractivity contribution in [1.29, 1.82) is 0 Å². The minimum atomic E-state index is -0.714. The van der Waals surface area contributed by atoms with Gasteiger partial charge in [-0.1, -0.05) is 27.7 Å². The van der Waals surface area contributed by atoms with E-state index in [9.17, 15) is 5.11 Å². The third-order valence-electron chi connectivity index (χ3n) is 3.45. The highest BCUT2D eigenvalue weighted by atomic mass is 16.3. The van der Waals surface area contributed by atoms with Crippen LogP contribution in [-0.4, -0.2) is 41.8 Å². The largest absolute Gasteiger partial charge is 0.389 e. The van der Waals surface area contributed by atoms with Gasteiger partial charge in [0.1, 0.15) is 0 Å². The van der Waals surface area contributed by atoms with Crippen molar-refractivity contribution < 1.29 is 5.11 Å². The fraction of sp³-hybridized carbons (Fsp3) is 1.00. The molecule has 0 saturated heterocycles. The van der Waals surface area contributed by atoms with Crippen LogP contribution in [0.4, 0.5) is 0 Å². The Morgan fingerprint density at radius 1 is 1.00 bits per heavy atom. The summed E-state index contributed by atoms with van der Waals surface area (Å²) in [5.74, 6) is 1.48. The minimum absolute atomic E-state index is 0.342. The van der Waals surface area contributed by atoms with Gasteiger partial charge in [-0.15, -0.1) is 0 Å². The van der Waals surface area contributed by atoms with E-state index in [0.717, 1.165) is 37.9 Å². The molecule has 110 valence electrons. The predicted molar refractivity (Wildman–Crippen MR) is 79.6 cm³/mol. The van der Waals surface area contributed by atoms with E-state index in [0.29, 0.717) is 6.54 Å². The topological polar surface area (TPSA) is 49.5 Å². The van der Waals surface area contributed by atoms with Crippen LogP contribution in [0.25, 0.3) is 0 Å². The Kier molecular flexibility index (Phi) is 8.83. The summed E-state index contributed by atoms with van der Waals surface area (Å²) in [5, 5.41) is 9.98. The minimum Gasteiger partial charge on any atom is -0.389 e. The predicted octanol–water partition coefficient (Wildman–Crippen LogP) is 2.48. The summed E-state index contributed by atoms with van der Waals surface area (Å²) in [6, 6.07) is 0. The normalized spacial score (nSPS) is 15.7. The van der Waals surface area contributed by atoms with E-state index in [1.807, 2.05) is 6.92 Å². The van der Waals surface area contributed by atoms with E-state index in [1.54, 1.807) is 0 Å². The van der Waals surface area contributed by atoms with E-state index in [4.69, 9.17) is 5.73 Å². The van der Waals surface area contributed by atoms with Crippen LogP contribution in [0.15, 0.2) is 0 Å². The molecule has 3 nitrogen and oxygen atoms in total. The zero-order valence-corrected chi connectivity index (χ0v) is 13.1. The Bertz CT molecular complexity index is 191. The maximum absolute atomic E-state index is 9.98. The third kappa shape index (κ3) is 9.86. The van der Waals surface area contributed by atoms with Gasteiger partial charge in [0.2, 0.25) is 0 Å². The quantitative estimate of drug-likeness (QED) is 0.633. The van der Waals surface area contributed by atoms with Gasteiger partial charge in [-0.05, 0) is 51.1 Å². The van der Waals surface area contributed by atoms with Crippen LogP contribution >= 0.6 is 0 Å². The molecule has 0 aromatic carbocycles. The maximum atomic E-state index is 9.98. The van der Waals surface area contributed by atoms with E-state index >= 15 is 0 Å². The molecule has 1 unspecified atom stereocenters. The van der Waals surface area contributed by atoms with Crippen molar-refractivity contribution in [3.8, 4) is 0 Å². The molecule has 0 aliphatic heterocycles. The summed E-state index contributed by atoms with van der Waals surface area (Å²) in [4.78, 5) is 2.48. The molecule has 18 heavy (non-hydrogen) atoms. The van der Waals surface area contributed by atoms with Crippen molar-refractivity contribution in [1.82, 2.24) is 4.90 Å². The van der Waals surface area contributed by atoms with E-state index < -0.39 is 5.60 Å². The van der Waals surface area contributed by atoms with Crippen molar-refractivity contribution in [3.63, 3.8) is 0 Å². The standard InChI is InChI=1S/C15H34N2O/c1-13(2)6-9-17(10-7-14(3)4)11-8-15(5,18)12-16/h13-14,18H,6-12,16H2,1-5H3. The molecule has 1 atom stereocenters. The molecule has 0 spiro atoms. The average Bonchev–Trinajstić information content (AvgIpc) is 2.27. The van der Waals surface area contributed by atoms with Crippen LogP contribution in [-0.2, 0) is 0 Å². The Labute approximate surface area is 114 Å². The molecule has 0 aliphatic rings. The molecule has 0 heterocycles. The number of nitrogens with two attached hydrogens (primary N) is 1. The molecule has 0 rings (SSSR count). The van der Waals surface area contributed by atoms with E-state index in [-0.39, 0.29) is 0 Å². The highest BCUT2D eigenvalue weighted by Gasteiger charge is 2.19. The van der Waals surface area contributed by atoms with Gasteiger partial charge in [0, 0.05) is 13.1 Å². The first kappa shape index (κ1) is 17.9. The fourth-order valence-electron chi connectivity index (χ4n) is 1.72. The Hall–Kier alpha value is -0.120. The van der Waals surface area contributed by atoms with Gasteiger partial charge >= 0.3 is 0 Å². The van der Waals surface area contributed by atoms with Crippen LogP contribution in [0.1, 0.15) is 53.9 Å². The molecule has 0 fully saturated rings. The zero-order chi connectivity index (χ0) is 14.2. The molecule has 0 radical (unpaired) electrons. The molecule has 0 saturated carbocycles. The second-order valence-electron chi connectivity index (χ2n) is 6.66. The summed E-state index contributed by atoms with van der Waals surface area (Å²) < 4.78 is 0. The average molecular weight is 258 g/mol. The smallest absolute Gasteiger partial charge is 0.0753 e. The first-order valence-corrected chi connectivity index (χ1v) is 7.41. The van der Waals surface area contributed by atoms with Crippen LogP contribution in [0.3, 0.4) is 0 Å².